The first kappa shape index (κ1) is 17.5. The van der Waals surface area contributed by atoms with Crippen LogP contribution in [0.25, 0.3) is 0 Å². The second-order valence-corrected chi connectivity index (χ2v) is 7.61. The average molecular weight is 379 g/mol. The molecule has 1 aromatic heterocycles. The lowest BCUT2D eigenvalue weighted by Crippen LogP contribution is -2.45. The van der Waals surface area contributed by atoms with Crippen molar-refractivity contribution in [2.24, 2.45) is 4.99 Å². The van der Waals surface area contributed by atoms with Crippen molar-refractivity contribution in [3.8, 4) is 0 Å². The van der Waals surface area contributed by atoms with Crippen LogP contribution in [0.2, 0.25) is 0 Å². The molecule has 4 heterocycles. The number of fused-ring (bicyclic) bond motifs is 3. The van der Waals surface area contributed by atoms with Crippen molar-refractivity contribution in [2.45, 2.75) is 31.7 Å². The molecule has 3 aliphatic heterocycles. The molecule has 7 nitrogen and oxygen atoms in total. The third-order valence-electron chi connectivity index (χ3n) is 5.62. The van der Waals surface area contributed by atoms with E-state index in [0.29, 0.717) is 13.2 Å². The van der Waals surface area contributed by atoms with E-state index in [1.54, 1.807) is 0 Å². The Balaban J connectivity index is 1.36. The van der Waals surface area contributed by atoms with E-state index in [1.165, 1.54) is 0 Å². The fourth-order valence-corrected chi connectivity index (χ4v) is 4.34. The van der Waals surface area contributed by atoms with Crippen molar-refractivity contribution in [1.82, 2.24) is 14.9 Å². The van der Waals surface area contributed by atoms with Crippen LogP contribution in [0.3, 0.4) is 0 Å². The van der Waals surface area contributed by atoms with Crippen molar-refractivity contribution in [3.05, 3.63) is 59.8 Å². The van der Waals surface area contributed by atoms with Crippen LogP contribution in [0.5, 0.6) is 0 Å². The molecule has 28 heavy (non-hydrogen) atoms. The number of rotatable bonds is 3. The smallest absolute Gasteiger partial charge is 0.221 e. The van der Waals surface area contributed by atoms with E-state index in [4.69, 9.17) is 9.83 Å². The molecule has 0 radical (unpaired) electrons. The van der Waals surface area contributed by atoms with Crippen LogP contribution >= 0.6 is 0 Å². The number of hydrogen-bond donors (Lipinski definition) is 1. The van der Waals surface area contributed by atoms with Crippen LogP contribution in [-0.4, -0.2) is 64.3 Å². The highest BCUT2D eigenvalue weighted by Gasteiger charge is 2.38. The molecule has 0 bridgehead atoms. The predicted octanol–water partition coefficient (Wildman–Crippen LogP) is 1.64. The Morgan fingerprint density at radius 1 is 1.11 bits per heavy atom. The van der Waals surface area contributed by atoms with Gasteiger partial charge >= 0.3 is 0 Å². The maximum Gasteiger partial charge on any atom is 0.221 e. The first-order valence-electron chi connectivity index (χ1n) is 9.90. The van der Waals surface area contributed by atoms with Gasteiger partial charge < -0.3 is 14.9 Å². The SMILES string of the molecule is O[C@@H]1C[C@H]2CN(C3=NCCN3OCc3ccccc3)Cc3cccnc3N2C1. The van der Waals surface area contributed by atoms with Gasteiger partial charge in [-0.05, 0) is 18.1 Å². The number of benzene rings is 1. The minimum atomic E-state index is -0.309. The molecule has 5 rings (SSSR count). The molecule has 3 aliphatic rings. The summed E-state index contributed by atoms with van der Waals surface area (Å²) in [7, 11) is 0. The van der Waals surface area contributed by atoms with Crippen molar-refractivity contribution in [1.29, 1.82) is 0 Å². The Bertz CT molecular complexity index is 859. The minimum absolute atomic E-state index is 0.227. The van der Waals surface area contributed by atoms with Gasteiger partial charge in [-0.25, -0.2) is 15.0 Å². The molecular formula is C21H25N5O2. The number of hydrogen-bond acceptors (Lipinski definition) is 7. The van der Waals surface area contributed by atoms with Gasteiger partial charge in [0, 0.05) is 31.4 Å². The summed E-state index contributed by atoms with van der Waals surface area (Å²) in [5.74, 6) is 1.87. The van der Waals surface area contributed by atoms with Crippen molar-refractivity contribution >= 4 is 11.8 Å². The quantitative estimate of drug-likeness (QED) is 0.875. The molecule has 7 heteroatoms. The number of nitrogens with zero attached hydrogens (tertiary/aromatic N) is 5. The normalized spacial score (nSPS) is 24.0. The first-order valence-corrected chi connectivity index (χ1v) is 9.90. The van der Waals surface area contributed by atoms with E-state index < -0.39 is 0 Å². The number of aliphatic hydroxyl groups excluding tert-OH is 1. The summed E-state index contributed by atoms with van der Waals surface area (Å²) in [6.45, 7) is 4.21. The van der Waals surface area contributed by atoms with Gasteiger partial charge in [-0.3, -0.25) is 4.84 Å². The van der Waals surface area contributed by atoms with Crippen molar-refractivity contribution in [3.63, 3.8) is 0 Å². The summed E-state index contributed by atoms with van der Waals surface area (Å²) in [6.07, 6.45) is 2.28. The molecule has 0 aliphatic carbocycles. The Morgan fingerprint density at radius 3 is 2.89 bits per heavy atom. The van der Waals surface area contributed by atoms with Crippen molar-refractivity contribution < 1.29 is 9.94 Å². The highest BCUT2D eigenvalue weighted by atomic mass is 16.7. The Kier molecular flexibility index (Phi) is 4.62. The van der Waals surface area contributed by atoms with Crippen LogP contribution in [-0.2, 0) is 18.0 Å². The van der Waals surface area contributed by atoms with Gasteiger partial charge in [0.15, 0.2) is 0 Å². The fourth-order valence-electron chi connectivity index (χ4n) is 4.34. The molecule has 2 aromatic rings. The molecule has 0 unspecified atom stereocenters. The summed E-state index contributed by atoms with van der Waals surface area (Å²) in [5, 5.41) is 12.2. The number of aromatic nitrogens is 1. The molecule has 1 aromatic carbocycles. The molecule has 0 spiro atoms. The van der Waals surface area contributed by atoms with E-state index in [9.17, 15) is 5.11 Å². The maximum absolute atomic E-state index is 10.2. The lowest BCUT2D eigenvalue weighted by molar-refractivity contribution is -0.111. The first-order chi connectivity index (χ1) is 13.8. The van der Waals surface area contributed by atoms with Crippen molar-refractivity contribution in [2.75, 3.05) is 31.1 Å². The second-order valence-electron chi connectivity index (χ2n) is 7.61. The van der Waals surface area contributed by atoms with Gasteiger partial charge in [0.25, 0.3) is 0 Å². The molecule has 0 saturated carbocycles. The van der Waals surface area contributed by atoms with Gasteiger partial charge in [-0.2, -0.15) is 0 Å². The number of aliphatic imine (C=N–C) groups is 1. The molecule has 1 fully saturated rings. The zero-order chi connectivity index (χ0) is 18.9. The topological polar surface area (TPSA) is 64.4 Å². The zero-order valence-corrected chi connectivity index (χ0v) is 15.8. The molecule has 1 N–H and O–H groups in total. The van der Waals surface area contributed by atoms with E-state index in [2.05, 4.69) is 33.0 Å². The zero-order valence-electron chi connectivity index (χ0n) is 15.8. The van der Waals surface area contributed by atoms with E-state index in [1.807, 2.05) is 35.5 Å². The summed E-state index contributed by atoms with van der Waals surface area (Å²) in [4.78, 5) is 20.0. The summed E-state index contributed by atoms with van der Waals surface area (Å²) in [5.41, 5.74) is 2.31. The predicted molar refractivity (Wildman–Crippen MR) is 107 cm³/mol. The van der Waals surface area contributed by atoms with Gasteiger partial charge in [-0.1, -0.05) is 36.4 Å². The van der Waals surface area contributed by atoms with Crippen LogP contribution in [0.4, 0.5) is 5.82 Å². The lowest BCUT2D eigenvalue weighted by Gasteiger charge is -2.31. The monoisotopic (exact) mass is 379 g/mol. The standard InChI is InChI=1S/C21H25N5O2/c27-19-11-18-13-24(12-17-7-4-8-22-20(17)25(18)14-19)21-23-9-10-26(21)28-15-16-5-2-1-3-6-16/h1-8,18-19,27H,9-15H2/t18-,19+/m0/s1. The van der Waals surface area contributed by atoms with Crippen LogP contribution in [0, 0.1) is 0 Å². The summed E-state index contributed by atoms with van der Waals surface area (Å²) in [6, 6.07) is 14.5. The lowest BCUT2D eigenvalue weighted by atomic mass is 10.2. The van der Waals surface area contributed by atoms with Gasteiger partial charge in [0.2, 0.25) is 5.96 Å². The summed E-state index contributed by atoms with van der Waals surface area (Å²) < 4.78 is 0. The number of anilines is 1. The third kappa shape index (κ3) is 3.31. The van der Waals surface area contributed by atoms with Gasteiger partial charge in [0.1, 0.15) is 12.4 Å². The summed E-state index contributed by atoms with van der Waals surface area (Å²) >= 11 is 0. The molecular weight excluding hydrogens is 354 g/mol. The van der Waals surface area contributed by atoms with Crippen LogP contribution < -0.4 is 4.90 Å². The highest BCUT2D eigenvalue weighted by molar-refractivity contribution is 5.81. The van der Waals surface area contributed by atoms with Gasteiger partial charge in [0.05, 0.1) is 25.2 Å². The van der Waals surface area contributed by atoms with E-state index >= 15 is 0 Å². The minimum Gasteiger partial charge on any atom is -0.391 e. The average Bonchev–Trinajstić information content (AvgIpc) is 3.30. The maximum atomic E-state index is 10.2. The second kappa shape index (κ2) is 7.41. The molecule has 0 amide bonds. The largest absolute Gasteiger partial charge is 0.391 e. The number of pyridine rings is 1. The Hall–Kier alpha value is -2.64. The Morgan fingerprint density at radius 2 is 2.00 bits per heavy atom. The van der Waals surface area contributed by atoms with Crippen LogP contribution in [0.1, 0.15) is 17.5 Å². The van der Waals surface area contributed by atoms with Crippen LogP contribution in [0.15, 0.2) is 53.7 Å². The van der Waals surface area contributed by atoms with E-state index in [-0.39, 0.29) is 12.1 Å². The third-order valence-corrected chi connectivity index (χ3v) is 5.62. The Labute approximate surface area is 164 Å². The molecule has 1 saturated heterocycles. The van der Waals surface area contributed by atoms with E-state index in [0.717, 1.165) is 55.5 Å². The number of hydroxylamine groups is 2. The van der Waals surface area contributed by atoms with Gasteiger partial charge in [-0.15, -0.1) is 0 Å². The number of aliphatic hydroxyl groups is 1. The fraction of sp³-hybridized carbons (Fsp3) is 0.429. The number of guanidine groups is 1. The highest BCUT2D eigenvalue weighted by Crippen LogP contribution is 2.32. The molecule has 2 atom stereocenters. The molecule has 146 valence electrons.